The predicted molar refractivity (Wildman–Crippen MR) is 125 cm³/mol. The Bertz CT molecular complexity index is 1200. The summed E-state index contributed by atoms with van der Waals surface area (Å²) in [6, 6.07) is 13.1. The van der Waals surface area contributed by atoms with E-state index in [1.165, 1.54) is 6.07 Å². The van der Waals surface area contributed by atoms with Crippen LogP contribution in [0.3, 0.4) is 0 Å². The number of hydrogen-bond donors (Lipinski definition) is 3. The number of ether oxygens (including phenoxy) is 1. The molecule has 0 aliphatic carbocycles. The maximum absolute atomic E-state index is 12.2. The van der Waals surface area contributed by atoms with Crippen molar-refractivity contribution in [2.45, 2.75) is 19.3 Å². The van der Waals surface area contributed by atoms with Crippen molar-refractivity contribution in [3.05, 3.63) is 63.3 Å². The summed E-state index contributed by atoms with van der Waals surface area (Å²) in [5.41, 5.74) is 2.32. The van der Waals surface area contributed by atoms with Gasteiger partial charge < -0.3 is 20.1 Å². The van der Waals surface area contributed by atoms with E-state index in [-0.39, 0.29) is 22.9 Å². The van der Waals surface area contributed by atoms with Gasteiger partial charge in [0, 0.05) is 13.2 Å². The van der Waals surface area contributed by atoms with Crippen LogP contribution >= 0.6 is 11.3 Å². The molecule has 1 amide bonds. The third kappa shape index (κ3) is 7.18. The Kier molecular flexibility index (Phi) is 8.43. The number of phenols is 1. The fraction of sp³-hybridized carbons (Fsp3) is 0.364. The second-order valence-corrected chi connectivity index (χ2v) is 10.5. The average molecular weight is 479 g/mol. The van der Waals surface area contributed by atoms with Crippen molar-refractivity contribution < 1.29 is 23.1 Å². The van der Waals surface area contributed by atoms with E-state index in [0.29, 0.717) is 36.3 Å². The SMILES string of the molecule is O=C(CS(=O)(=O)CCCOCCc1ccccc1)NCCc1ccc(O)c2[nH]c(=O)sc12. The summed E-state index contributed by atoms with van der Waals surface area (Å²) in [5.74, 6) is -1.25. The van der Waals surface area contributed by atoms with Gasteiger partial charge in [-0.1, -0.05) is 47.7 Å². The highest BCUT2D eigenvalue weighted by Crippen LogP contribution is 2.27. The number of aromatic nitrogens is 1. The average Bonchev–Trinajstić information content (AvgIpc) is 3.15. The fourth-order valence-corrected chi connectivity index (χ4v) is 5.35. The molecule has 0 saturated heterocycles. The molecule has 172 valence electrons. The summed E-state index contributed by atoms with van der Waals surface area (Å²) in [7, 11) is -3.52. The van der Waals surface area contributed by atoms with Gasteiger partial charge >= 0.3 is 4.87 Å². The number of rotatable bonds is 12. The molecule has 32 heavy (non-hydrogen) atoms. The van der Waals surface area contributed by atoms with Crippen molar-refractivity contribution in [3.8, 4) is 5.75 Å². The van der Waals surface area contributed by atoms with Gasteiger partial charge in [-0.05, 0) is 36.5 Å². The lowest BCUT2D eigenvalue weighted by Gasteiger charge is -2.08. The normalized spacial score (nSPS) is 11.6. The van der Waals surface area contributed by atoms with E-state index in [9.17, 15) is 23.1 Å². The van der Waals surface area contributed by atoms with Crippen LogP contribution in [0.15, 0.2) is 47.3 Å². The zero-order valence-corrected chi connectivity index (χ0v) is 19.1. The Morgan fingerprint density at radius 3 is 2.66 bits per heavy atom. The molecule has 8 nitrogen and oxygen atoms in total. The van der Waals surface area contributed by atoms with E-state index < -0.39 is 21.5 Å². The third-order valence-electron chi connectivity index (χ3n) is 4.83. The number of sulfone groups is 1. The largest absolute Gasteiger partial charge is 0.506 e. The molecule has 0 fully saturated rings. The van der Waals surface area contributed by atoms with E-state index in [2.05, 4.69) is 10.3 Å². The standard InChI is InChI=1S/C22H26N2O6S2/c25-18-8-7-17(21-20(18)24-22(27)31-21)9-11-23-19(26)15-32(28,29)14-4-12-30-13-10-16-5-2-1-3-6-16/h1-3,5-8,25H,4,9-15H2,(H,23,26)(H,24,27). The summed E-state index contributed by atoms with van der Waals surface area (Å²) in [6.07, 6.45) is 1.51. The van der Waals surface area contributed by atoms with Gasteiger partial charge in [-0.25, -0.2) is 8.42 Å². The highest BCUT2D eigenvalue weighted by Gasteiger charge is 2.16. The van der Waals surface area contributed by atoms with Crippen molar-refractivity contribution >= 4 is 37.3 Å². The number of thiazole rings is 1. The zero-order chi connectivity index (χ0) is 23.0. The Balaban J connectivity index is 1.35. The molecule has 0 saturated carbocycles. The first-order chi connectivity index (χ1) is 15.3. The molecule has 0 unspecified atom stereocenters. The Hall–Kier alpha value is -2.69. The van der Waals surface area contributed by atoms with Crippen molar-refractivity contribution in [2.24, 2.45) is 0 Å². The minimum Gasteiger partial charge on any atom is -0.506 e. The molecular formula is C22H26N2O6S2. The number of hydrogen-bond acceptors (Lipinski definition) is 7. The first kappa shape index (κ1) is 24.0. The van der Waals surface area contributed by atoms with E-state index in [4.69, 9.17) is 4.74 Å². The van der Waals surface area contributed by atoms with E-state index >= 15 is 0 Å². The highest BCUT2D eigenvalue weighted by atomic mass is 32.2. The molecule has 0 bridgehead atoms. The van der Waals surface area contributed by atoms with Crippen LogP contribution in [0.5, 0.6) is 5.75 Å². The molecule has 1 aromatic heterocycles. The van der Waals surface area contributed by atoms with Crippen LogP contribution in [0, 0.1) is 0 Å². The van der Waals surface area contributed by atoms with Gasteiger partial charge in [0.2, 0.25) is 5.91 Å². The highest BCUT2D eigenvalue weighted by molar-refractivity contribution is 7.92. The molecule has 2 aromatic carbocycles. The van der Waals surface area contributed by atoms with Gasteiger partial charge in [-0.2, -0.15) is 0 Å². The minimum absolute atomic E-state index is 0.0127. The number of carbonyl (C=O) groups excluding carboxylic acids is 1. The quantitative estimate of drug-likeness (QED) is 0.342. The summed E-state index contributed by atoms with van der Waals surface area (Å²) in [6.45, 7) is 1.07. The van der Waals surface area contributed by atoms with Crippen LogP contribution in [0.2, 0.25) is 0 Å². The lowest BCUT2D eigenvalue weighted by Crippen LogP contribution is -2.32. The first-order valence-corrected chi connectivity index (χ1v) is 12.9. The van der Waals surface area contributed by atoms with Crippen molar-refractivity contribution in [1.29, 1.82) is 0 Å². The first-order valence-electron chi connectivity index (χ1n) is 10.3. The van der Waals surface area contributed by atoms with E-state index in [1.807, 2.05) is 30.3 Å². The van der Waals surface area contributed by atoms with E-state index in [1.54, 1.807) is 6.07 Å². The van der Waals surface area contributed by atoms with Crippen LogP contribution in [0.1, 0.15) is 17.5 Å². The Morgan fingerprint density at radius 2 is 1.88 bits per heavy atom. The van der Waals surface area contributed by atoms with Gasteiger partial charge in [0.15, 0.2) is 9.84 Å². The van der Waals surface area contributed by atoms with Gasteiger partial charge in [0.25, 0.3) is 0 Å². The second kappa shape index (κ2) is 11.3. The monoisotopic (exact) mass is 478 g/mol. The number of aromatic hydroxyl groups is 1. The molecular weight excluding hydrogens is 452 g/mol. The number of nitrogens with one attached hydrogen (secondary N) is 2. The number of phenolic OH excluding ortho intramolecular Hbond substituents is 1. The van der Waals surface area contributed by atoms with Crippen LogP contribution in [0.4, 0.5) is 0 Å². The van der Waals surface area contributed by atoms with Crippen molar-refractivity contribution in [1.82, 2.24) is 10.3 Å². The molecule has 1 heterocycles. The molecule has 0 spiro atoms. The fourth-order valence-electron chi connectivity index (χ4n) is 3.25. The topological polar surface area (TPSA) is 126 Å². The van der Waals surface area contributed by atoms with Crippen LogP contribution in [-0.4, -0.2) is 55.7 Å². The van der Waals surface area contributed by atoms with Crippen LogP contribution in [0.25, 0.3) is 10.2 Å². The Labute approximate surface area is 190 Å². The maximum atomic E-state index is 12.2. The predicted octanol–water partition coefficient (Wildman–Crippen LogP) is 2.02. The second-order valence-electron chi connectivity index (χ2n) is 7.36. The number of fused-ring (bicyclic) bond motifs is 1. The van der Waals surface area contributed by atoms with Gasteiger partial charge in [-0.3, -0.25) is 9.59 Å². The summed E-state index contributed by atoms with van der Waals surface area (Å²) in [5, 5.41) is 12.4. The molecule has 0 aliphatic rings. The van der Waals surface area contributed by atoms with Crippen LogP contribution in [-0.2, 0) is 32.2 Å². The minimum atomic E-state index is -3.52. The van der Waals surface area contributed by atoms with Crippen molar-refractivity contribution in [3.63, 3.8) is 0 Å². The summed E-state index contributed by atoms with van der Waals surface area (Å²) >= 11 is 0.983. The molecule has 0 aliphatic heterocycles. The van der Waals surface area contributed by atoms with Gasteiger partial charge in [0.1, 0.15) is 17.0 Å². The number of amides is 1. The van der Waals surface area contributed by atoms with E-state index in [0.717, 1.165) is 28.9 Å². The number of benzene rings is 2. The molecule has 10 heteroatoms. The molecule has 3 rings (SSSR count). The van der Waals surface area contributed by atoms with Crippen molar-refractivity contribution in [2.75, 3.05) is 31.3 Å². The number of carbonyl (C=O) groups is 1. The molecule has 0 atom stereocenters. The number of aromatic amines is 1. The lowest BCUT2D eigenvalue weighted by atomic mass is 10.1. The zero-order valence-electron chi connectivity index (χ0n) is 17.5. The Morgan fingerprint density at radius 1 is 1.09 bits per heavy atom. The van der Waals surface area contributed by atoms with Gasteiger partial charge in [-0.15, -0.1) is 0 Å². The lowest BCUT2D eigenvalue weighted by molar-refractivity contribution is -0.118. The van der Waals surface area contributed by atoms with Gasteiger partial charge in [0.05, 0.1) is 17.1 Å². The summed E-state index contributed by atoms with van der Waals surface area (Å²) < 4.78 is 30.4. The summed E-state index contributed by atoms with van der Waals surface area (Å²) in [4.78, 5) is 25.9. The maximum Gasteiger partial charge on any atom is 0.305 e. The van der Waals surface area contributed by atoms with Crippen LogP contribution < -0.4 is 10.2 Å². The molecule has 3 aromatic rings. The number of H-pyrrole nitrogens is 1. The molecule has 3 N–H and O–H groups in total. The smallest absolute Gasteiger partial charge is 0.305 e. The molecule has 0 radical (unpaired) electrons. The third-order valence-corrected chi connectivity index (χ3v) is 7.40.